The predicted octanol–water partition coefficient (Wildman–Crippen LogP) is 7.74. The average Bonchev–Trinajstić information content (AvgIpc) is 1.20. The van der Waals surface area contributed by atoms with Gasteiger partial charge in [0.05, 0.1) is 31.3 Å². The number of amides is 6. The zero-order valence-electron chi connectivity index (χ0n) is 54.4. The van der Waals surface area contributed by atoms with Crippen LogP contribution in [-0.4, -0.2) is 145 Å². The Balaban J connectivity index is 0.000000160. The highest BCUT2D eigenvalue weighted by Gasteiger charge is 2.56. The number of rotatable bonds is 18. The standard InChI is InChI=1S/C23H23F4N5O3.C23H26FN5O3.C22H26FN5O3/c1-2-3-17(33)31-7-6-22(11-31)9-14(10-22)32-20(28)18(21(29)34)19(30-32)13-4-5-15(24)16(8-13)35-12-23(25,26)27;1-3-5-18(30)28-12-23(13-28)10-15(11-23)29-21(25)19(22(26)31)20(27-29)14-6-7-17(16(24)9-14)32-8-4-2;1-3-7-31-16-6-5-13(8-15(16)23)19-18(21(25)30)20(24)28(26-19)14-9-22(10-14)11-27(12-22)17(29)4-2/h4-5,8,14H,6-7,9-12,28H2,1H3,(H2,29,34);6-7,9,15H,4,8,10-13,25H2,1-2H3,(H2,26,31);4-6,8,14H,2-3,7,9-12,24H2,1H3,(H2,25,30). The third kappa shape index (κ3) is 14.1. The SMILES string of the molecule is C=CC(=O)N1CC2(CC(n3nc(-c4ccc(OCCC)c(F)c4)c(C(N)=O)c3N)C2)C1.CC#CC(=O)N1CC2(CC(n3nc(-c4ccc(OCCC)c(F)c4)c(C(N)=O)c3N)C2)C1.CC#CC(=O)N1CCC2(CC(n3nc(-c4ccc(F)c(OCC(F)(F)F)c4)c(C(N)=O)c3N)C2)C1. The van der Waals surface area contributed by atoms with Crippen molar-refractivity contribution in [2.24, 2.45) is 33.4 Å². The fourth-order valence-electron chi connectivity index (χ4n) is 14.0. The molecule has 3 saturated heterocycles. The normalized spacial score (nSPS) is 17.0. The molecular formula is C68H75F6N15O9. The summed E-state index contributed by atoms with van der Waals surface area (Å²) < 4.78 is 101. The van der Waals surface area contributed by atoms with Gasteiger partial charge in [0.2, 0.25) is 5.91 Å². The van der Waals surface area contributed by atoms with Gasteiger partial charge in [-0.3, -0.25) is 28.8 Å². The van der Waals surface area contributed by atoms with Crippen molar-refractivity contribution in [1.82, 2.24) is 44.0 Å². The van der Waals surface area contributed by atoms with Gasteiger partial charge in [0.25, 0.3) is 29.5 Å². The number of nitrogens with zero attached hydrogens (tertiary/aromatic N) is 9. The van der Waals surface area contributed by atoms with Gasteiger partial charge in [-0.05, 0) is 150 Å². The van der Waals surface area contributed by atoms with Gasteiger partial charge in [-0.2, -0.15) is 28.5 Å². The maximum Gasteiger partial charge on any atom is 0.422 e. The molecule has 30 heteroatoms. The average molecular weight is 1360 g/mol. The zero-order chi connectivity index (χ0) is 70.9. The minimum absolute atomic E-state index is 0.00941. The fraction of sp³-hybridized carbons (Fsp3) is 0.426. The molecule has 3 aromatic carbocycles. The zero-order valence-corrected chi connectivity index (χ0v) is 54.4. The molecule has 6 aromatic rings. The Morgan fingerprint density at radius 3 is 1.31 bits per heavy atom. The first-order valence-electron chi connectivity index (χ1n) is 31.7. The van der Waals surface area contributed by atoms with Crippen LogP contribution in [0.4, 0.5) is 43.8 Å². The lowest BCUT2D eigenvalue weighted by molar-refractivity contribution is -0.154. The number of carbonyl (C=O) groups is 6. The van der Waals surface area contributed by atoms with E-state index in [1.165, 1.54) is 41.1 Å². The van der Waals surface area contributed by atoms with Gasteiger partial charge < -0.3 is 63.3 Å². The highest BCUT2D eigenvalue weighted by atomic mass is 19.4. The monoisotopic (exact) mass is 1360 g/mol. The van der Waals surface area contributed by atoms with E-state index >= 15 is 0 Å². The molecule has 12 N–H and O–H groups in total. The van der Waals surface area contributed by atoms with Crippen LogP contribution in [0.25, 0.3) is 33.8 Å². The van der Waals surface area contributed by atoms with E-state index in [1.807, 2.05) is 13.8 Å². The number of aromatic nitrogens is 6. The van der Waals surface area contributed by atoms with Crippen LogP contribution in [0.3, 0.4) is 0 Å². The van der Waals surface area contributed by atoms with Gasteiger partial charge in [0.15, 0.2) is 41.3 Å². The van der Waals surface area contributed by atoms with Crippen LogP contribution in [0.15, 0.2) is 67.3 Å². The molecule has 98 heavy (non-hydrogen) atoms. The predicted molar refractivity (Wildman–Crippen MR) is 348 cm³/mol. The summed E-state index contributed by atoms with van der Waals surface area (Å²) in [5, 5.41) is 13.5. The topological polar surface area (TPSA) is 349 Å². The summed E-state index contributed by atoms with van der Waals surface area (Å²) in [7, 11) is 0. The lowest BCUT2D eigenvalue weighted by Gasteiger charge is -2.58. The molecule has 12 rings (SSSR count). The van der Waals surface area contributed by atoms with E-state index in [9.17, 15) is 55.1 Å². The number of halogens is 6. The van der Waals surface area contributed by atoms with Crippen molar-refractivity contribution in [1.29, 1.82) is 0 Å². The number of benzene rings is 3. The lowest BCUT2D eigenvalue weighted by Crippen LogP contribution is -2.63. The maximum absolute atomic E-state index is 14.5. The molecule has 0 bridgehead atoms. The van der Waals surface area contributed by atoms with Crippen LogP contribution in [0.5, 0.6) is 17.2 Å². The largest absolute Gasteiger partial charge is 0.491 e. The molecule has 3 aliphatic heterocycles. The van der Waals surface area contributed by atoms with Crippen molar-refractivity contribution < 1.29 is 69.3 Å². The van der Waals surface area contributed by atoms with Crippen LogP contribution in [-0.2, 0) is 14.4 Å². The Morgan fingerprint density at radius 1 is 0.551 bits per heavy atom. The first-order chi connectivity index (χ1) is 46.5. The first kappa shape index (κ1) is 70.2. The van der Waals surface area contributed by atoms with Crippen molar-refractivity contribution >= 4 is 52.9 Å². The highest BCUT2D eigenvalue weighted by Crippen LogP contribution is 2.57. The number of likely N-dealkylation sites (tertiary alicyclic amines) is 3. The summed E-state index contributed by atoms with van der Waals surface area (Å²) in [4.78, 5) is 77.3. The van der Waals surface area contributed by atoms with E-state index in [4.69, 9.17) is 43.9 Å². The second-order valence-electron chi connectivity index (χ2n) is 25.8. The minimum atomic E-state index is -4.66. The second kappa shape index (κ2) is 27.8. The molecule has 518 valence electrons. The lowest BCUT2D eigenvalue weighted by atomic mass is 9.60. The highest BCUT2D eigenvalue weighted by molar-refractivity contribution is 6.05. The number of primary amides is 3. The van der Waals surface area contributed by atoms with Crippen LogP contribution >= 0.6 is 0 Å². The Morgan fingerprint density at radius 2 is 0.929 bits per heavy atom. The van der Waals surface area contributed by atoms with Crippen molar-refractivity contribution in [3.05, 3.63) is 101 Å². The molecule has 3 saturated carbocycles. The third-order valence-corrected chi connectivity index (χ3v) is 18.6. The molecule has 3 aliphatic carbocycles. The van der Waals surface area contributed by atoms with E-state index < -0.39 is 53.7 Å². The molecule has 0 unspecified atom stereocenters. The molecule has 3 aromatic heterocycles. The Bertz CT molecular complexity index is 4280. The van der Waals surface area contributed by atoms with E-state index in [0.29, 0.717) is 76.5 Å². The summed E-state index contributed by atoms with van der Waals surface area (Å²) in [5.74, 6) is 5.47. The summed E-state index contributed by atoms with van der Waals surface area (Å²) >= 11 is 0. The van der Waals surface area contributed by atoms with Gasteiger partial charge in [0.1, 0.15) is 51.2 Å². The second-order valence-corrected chi connectivity index (χ2v) is 25.8. The fourth-order valence-corrected chi connectivity index (χ4v) is 14.0. The molecular weight excluding hydrogens is 1280 g/mol. The summed E-state index contributed by atoms with van der Waals surface area (Å²) in [5.41, 5.74) is 36.9. The van der Waals surface area contributed by atoms with E-state index in [1.54, 1.807) is 50.0 Å². The van der Waals surface area contributed by atoms with Gasteiger partial charge in [-0.15, -0.1) is 0 Å². The molecule has 6 heterocycles. The number of anilines is 3. The van der Waals surface area contributed by atoms with Crippen molar-refractivity contribution in [2.75, 3.05) is 76.3 Å². The molecule has 6 fully saturated rings. The molecule has 6 amide bonds. The number of hydrogen-bond acceptors (Lipinski definition) is 15. The molecule has 24 nitrogen and oxygen atoms in total. The summed E-state index contributed by atoms with van der Waals surface area (Å²) in [6, 6.07) is 11.8. The van der Waals surface area contributed by atoms with Crippen LogP contribution < -0.4 is 48.6 Å². The van der Waals surface area contributed by atoms with Crippen LogP contribution in [0, 0.1) is 57.4 Å². The van der Waals surface area contributed by atoms with E-state index in [-0.39, 0.29) is 120 Å². The van der Waals surface area contributed by atoms with Gasteiger partial charge >= 0.3 is 6.18 Å². The van der Waals surface area contributed by atoms with Crippen LogP contribution in [0.1, 0.15) is 135 Å². The quantitative estimate of drug-likeness (QED) is 0.0272. The molecule has 3 spiro atoms. The number of hydrogen-bond donors (Lipinski definition) is 6. The molecule has 0 radical (unpaired) electrons. The summed E-state index contributed by atoms with van der Waals surface area (Å²) in [6.45, 7) is 13.6. The third-order valence-electron chi connectivity index (χ3n) is 18.6. The Kier molecular flexibility index (Phi) is 19.9. The Labute approximate surface area is 559 Å². The van der Waals surface area contributed by atoms with Crippen LogP contribution in [0.2, 0.25) is 0 Å². The number of alkyl halides is 3. The number of ether oxygens (including phenoxy) is 3. The first-order valence-corrected chi connectivity index (χ1v) is 31.7. The summed E-state index contributed by atoms with van der Waals surface area (Å²) in [6.07, 6.45) is 3.42. The molecule has 6 aliphatic rings. The smallest absolute Gasteiger partial charge is 0.422 e. The van der Waals surface area contributed by atoms with Crippen molar-refractivity contribution in [3.63, 3.8) is 0 Å². The maximum atomic E-state index is 14.5. The van der Waals surface area contributed by atoms with Gasteiger partial charge in [-0.25, -0.2) is 27.2 Å². The van der Waals surface area contributed by atoms with E-state index in [0.717, 1.165) is 57.1 Å². The number of carbonyl (C=O) groups excluding carboxylic acids is 6. The van der Waals surface area contributed by atoms with Crippen molar-refractivity contribution in [2.45, 2.75) is 110 Å². The van der Waals surface area contributed by atoms with Gasteiger partial charge in [0, 0.05) is 66.8 Å². The number of nitrogens with two attached hydrogens (primary N) is 6. The molecule has 0 atom stereocenters. The van der Waals surface area contributed by atoms with Gasteiger partial charge in [-0.1, -0.05) is 32.3 Å². The Hall–Kier alpha value is -10.7. The number of nitrogen functional groups attached to an aromatic ring is 3. The van der Waals surface area contributed by atoms with Crippen molar-refractivity contribution in [3.8, 4) is 74.7 Å². The van der Waals surface area contributed by atoms with E-state index in [2.05, 4.69) is 50.3 Å². The minimum Gasteiger partial charge on any atom is -0.491 e.